The highest BCUT2D eigenvalue weighted by Gasteiger charge is 2.33. The van der Waals surface area contributed by atoms with Gasteiger partial charge in [-0.2, -0.15) is 0 Å². The second-order valence-corrected chi connectivity index (χ2v) is 4.80. The van der Waals surface area contributed by atoms with E-state index < -0.39 is 0 Å². The molecular formula is C13H11ClN2OS. The van der Waals surface area contributed by atoms with Crippen LogP contribution in [0.3, 0.4) is 0 Å². The molecule has 0 unspecified atom stereocenters. The third-order valence-electron chi connectivity index (χ3n) is 2.72. The van der Waals surface area contributed by atoms with Crippen molar-refractivity contribution in [1.82, 2.24) is 4.90 Å². The summed E-state index contributed by atoms with van der Waals surface area (Å²) in [5, 5.41) is 1.08. The van der Waals surface area contributed by atoms with Crippen molar-refractivity contribution < 1.29 is 4.79 Å². The Bertz CT molecular complexity index is 565. The quantitative estimate of drug-likeness (QED) is 0.612. The molecule has 0 spiro atoms. The third-order valence-corrected chi connectivity index (χ3v) is 3.40. The SMILES string of the molecule is C#CCN1CC(=O)N(c2ccc(Cl)cc2C)C1=S. The maximum atomic E-state index is 12.0. The van der Waals surface area contributed by atoms with Crippen molar-refractivity contribution in [3.8, 4) is 12.3 Å². The molecule has 0 radical (unpaired) electrons. The fraction of sp³-hybridized carbons (Fsp3) is 0.231. The zero-order chi connectivity index (χ0) is 13.3. The molecule has 18 heavy (non-hydrogen) atoms. The Hall–Kier alpha value is -1.57. The Morgan fingerprint density at radius 2 is 2.28 bits per heavy atom. The number of nitrogens with zero attached hydrogens (tertiary/aromatic N) is 2. The van der Waals surface area contributed by atoms with Crippen LogP contribution >= 0.6 is 23.8 Å². The van der Waals surface area contributed by atoms with Gasteiger partial charge in [0.15, 0.2) is 5.11 Å². The molecule has 0 aliphatic carbocycles. The Kier molecular flexibility index (Phi) is 3.55. The molecule has 92 valence electrons. The number of terminal acetylenes is 1. The van der Waals surface area contributed by atoms with Crippen molar-refractivity contribution in [2.45, 2.75) is 6.92 Å². The van der Waals surface area contributed by atoms with Crippen LogP contribution in [0.4, 0.5) is 5.69 Å². The van der Waals surface area contributed by atoms with Crippen molar-refractivity contribution in [3.05, 3.63) is 28.8 Å². The van der Waals surface area contributed by atoms with Gasteiger partial charge in [0, 0.05) is 5.02 Å². The minimum absolute atomic E-state index is 0.0688. The Labute approximate surface area is 116 Å². The second-order valence-electron chi connectivity index (χ2n) is 4.00. The summed E-state index contributed by atoms with van der Waals surface area (Å²) in [6.07, 6.45) is 5.25. The highest BCUT2D eigenvalue weighted by atomic mass is 35.5. The summed E-state index contributed by atoms with van der Waals surface area (Å²) in [5.74, 6) is 2.43. The van der Waals surface area contributed by atoms with Gasteiger partial charge < -0.3 is 4.90 Å². The van der Waals surface area contributed by atoms with Gasteiger partial charge >= 0.3 is 0 Å². The Morgan fingerprint density at radius 3 is 2.89 bits per heavy atom. The molecule has 1 aromatic carbocycles. The lowest BCUT2D eigenvalue weighted by atomic mass is 10.2. The first-order chi connectivity index (χ1) is 8.54. The van der Waals surface area contributed by atoms with Crippen LogP contribution in [-0.2, 0) is 4.79 Å². The highest BCUT2D eigenvalue weighted by molar-refractivity contribution is 7.80. The molecular weight excluding hydrogens is 268 g/mol. The van der Waals surface area contributed by atoms with Gasteiger partial charge in [0.2, 0.25) is 0 Å². The van der Waals surface area contributed by atoms with E-state index in [0.717, 1.165) is 11.3 Å². The molecule has 1 saturated heterocycles. The highest BCUT2D eigenvalue weighted by Crippen LogP contribution is 2.27. The number of hydrogen-bond acceptors (Lipinski definition) is 2. The number of thiocarbonyl (C=S) groups is 1. The predicted molar refractivity (Wildman–Crippen MR) is 76.7 cm³/mol. The molecule has 3 nitrogen and oxygen atoms in total. The number of amides is 1. The summed E-state index contributed by atoms with van der Waals surface area (Å²) >= 11 is 11.2. The third kappa shape index (κ3) is 2.20. The van der Waals surface area contributed by atoms with Gasteiger partial charge in [-0.3, -0.25) is 9.69 Å². The lowest BCUT2D eigenvalue weighted by Gasteiger charge is -2.20. The van der Waals surface area contributed by atoms with E-state index >= 15 is 0 Å². The van der Waals surface area contributed by atoms with Crippen LogP contribution in [0.5, 0.6) is 0 Å². The number of anilines is 1. The van der Waals surface area contributed by atoms with Crippen LogP contribution < -0.4 is 4.90 Å². The molecule has 0 atom stereocenters. The van der Waals surface area contributed by atoms with Crippen molar-refractivity contribution in [3.63, 3.8) is 0 Å². The smallest absolute Gasteiger partial charge is 0.252 e. The molecule has 0 aromatic heterocycles. The topological polar surface area (TPSA) is 23.6 Å². The van der Waals surface area contributed by atoms with Gasteiger partial charge in [-0.25, -0.2) is 0 Å². The number of carbonyl (C=O) groups is 1. The van der Waals surface area contributed by atoms with Crippen molar-refractivity contribution in [1.29, 1.82) is 0 Å². The first-order valence-electron chi connectivity index (χ1n) is 5.36. The number of carbonyl (C=O) groups excluding carboxylic acids is 1. The van der Waals surface area contributed by atoms with Gasteiger partial charge in [-0.15, -0.1) is 6.42 Å². The zero-order valence-electron chi connectivity index (χ0n) is 9.81. The summed E-state index contributed by atoms with van der Waals surface area (Å²) in [4.78, 5) is 15.2. The van der Waals surface area contributed by atoms with Gasteiger partial charge in [-0.1, -0.05) is 17.5 Å². The lowest BCUT2D eigenvalue weighted by molar-refractivity contribution is -0.116. The summed E-state index contributed by atoms with van der Waals surface area (Å²) < 4.78 is 0. The summed E-state index contributed by atoms with van der Waals surface area (Å²) in [6, 6.07) is 5.33. The van der Waals surface area contributed by atoms with Crippen LogP contribution in [0, 0.1) is 19.3 Å². The van der Waals surface area contributed by atoms with Gasteiger partial charge in [0.1, 0.15) is 6.54 Å². The Morgan fingerprint density at radius 1 is 1.56 bits per heavy atom. The van der Waals surface area contributed by atoms with E-state index in [1.54, 1.807) is 23.1 Å². The van der Waals surface area contributed by atoms with Crippen molar-refractivity contribution in [2.24, 2.45) is 0 Å². The van der Waals surface area contributed by atoms with Crippen molar-refractivity contribution in [2.75, 3.05) is 18.0 Å². The normalized spacial score (nSPS) is 15.2. The zero-order valence-corrected chi connectivity index (χ0v) is 11.4. The number of rotatable bonds is 2. The Balaban J connectivity index is 2.36. The lowest BCUT2D eigenvalue weighted by Crippen LogP contribution is -2.33. The first kappa shape index (κ1) is 12.9. The van der Waals surface area contributed by atoms with Gasteiger partial charge in [0.25, 0.3) is 5.91 Å². The van der Waals surface area contributed by atoms with Crippen LogP contribution in [0.1, 0.15) is 5.56 Å². The molecule has 1 heterocycles. The molecule has 1 fully saturated rings. The maximum absolute atomic E-state index is 12.0. The number of benzene rings is 1. The molecule has 1 aliphatic heterocycles. The van der Waals surface area contributed by atoms with Crippen LogP contribution in [0.25, 0.3) is 0 Å². The maximum Gasteiger partial charge on any atom is 0.252 e. The molecule has 2 rings (SSSR count). The van der Waals surface area contributed by atoms with Gasteiger partial charge in [0.05, 0.1) is 12.2 Å². The number of hydrogen-bond donors (Lipinski definition) is 0. The minimum Gasteiger partial charge on any atom is -0.328 e. The van der Waals surface area contributed by atoms with Crippen LogP contribution in [0.2, 0.25) is 5.02 Å². The second kappa shape index (κ2) is 4.97. The number of halogens is 1. The molecule has 1 amide bonds. The van der Waals surface area contributed by atoms with Crippen molar-refractivity contribution >= 4 is 40.5 Å². The summed E-state index contributed by atoms with van der Waals surface area (Å²) in [5.41, 5.74) is 1.66. The van der Waals surface area contributed by atoms with E-state index in [-0.39, 0.29) is 12.5 Å². The number of aryl methyl sites for hydroxylation is 1. The average Bonchev–Trinajstić information content (AvgIpc) is 2.56. The van der Waals surface area contributed by atoms with E-state index in [1.165, 1.54) is 4.90 Å². The van der Waals surface area contributed by atoms with E-state index in [2.05, 4.69) is 5.92 Å². The fourth-order valence-electron chi connectivity index (χ4n) is 1.89. The molecule has 1 aliphatic rings. The van der Waals surface area contributed by atoms with Crippen LogP contribution in [0.15, 0.2) is 18.2 Å². The van der Waals surface area contributed by atoms with Gasteiger partial charge in [-0.05, 0) is 42.9 Å². The minimum atomic E-state index is -0.0688. The molecule has 0 N–H and O–H groups in total. The van der Waals surface area contributed by atoms with E-state index in [4.69, 9.17) is 30.2 Å². The molecule has 0 saturated carbocycles. The monoisotopic (exact) mass is 278 g/mol. The van der Waals surface area contributed by atoms with Crippen LogP contribution in [-0.4, -0.2) is 29.0 Å². The predicted octanol–water partition coefficient (Wildman–Crippen LogP) is 2.22. The first-order valence-corrected chi connectivity index (χ1v) is 6.14. The fourth-order valence-corrected chi connectivity index (χ4v) is 2.45. The largest absolute Gasteiger partial charge is 0.328 e. The van der Waals surface area contributed by atoms with E-state index in [1.807, 2.05) is 6.92 Å². The molecule has 1 aromatic rings. The van der Waals surface area contributed by atoms with E-state index in [9.17, 15) is 4.79 Å². The average molecular weight is 279 g/mol. The molecule has 0 bridgehead atoms. The van der Waals surface area contributed by atoms with E-state index in [0.29, 0.717) is 16.7 Å². The standard InChI is InChI=1S/C13H11ClN2OS/c1-3-6-15-8-12(17)16(13(15)18)11-5-4-10(14)7-9(11)2/h1,4-5,7H,6,8H2,2H3. The summed E-state index contributed by atoms with van der Waals surface area (Å²) in [6.45, 7) is 2.46. The molecule has 5 heteroatoms. The summed E-state index contributed by atoms with van der Waals surface area (Å²) in [7, 11) is 0.